The highest BCUT2D eigenvalue weighted by molar-refractivity contribution is 5.73. The van der Waals surface area contributed by atoms with Crippen molar-refractivity contribution >= 4 is 5.97 Å². The summed E-state index contributed by atoms with van der Waals surface area (Å²) in [6.45, 7) is 0. The Labute approximate surface area is 72.3 Å². The van der Waals surface area contributed by atoms with Crippen LogP contribution in [-0.4, -0.2) is 19.1 Å². The lowest BCUT2D eigenvalue weighted by atomic mass is 9.58. The van der Waals surface area contributed by atoms with Crippen LogP contribution < -0.4 is 5.73 Å². The van der Waals surface area contributed by atoms with E-state index in [0.29, 0.717) is 11.8 Å². The number of rotatable bonds is 1. The molecule has 3 rings (SSSR count). The molecule has 0 radical (unpaired) electrons. The van der Waals surface area contributed by atoms with Crippen LogP contribution in [0, 0.1) is 17.8 Å². The smallest absolute Gasteiger partial charge is 0.308 e. The minimum absolute atomic E-state index is 0.0615. The van der Waals surface area contributed by atoms with Crippen molar-refractivity contribution in [2.45, 2.75) is 25.3 Å². The zero-order chi connectivity index (χ0) is 8.72. The molecule has 0 aliphatic heterocycles. The number of methoxy groups -OCH3 is 1. The normalized spacial score (nSPS) is 44.8. The average molecular weight is 169 g/mol. The molecule has 3 saturated carbocycles. The molecule has 2 N–H and O–H groups in total. The maximum absolute atomic E-state index is 11.3. The van der Waals surface area contributed by atoms with E-state index in [1.54, 1.807) is 0 Å². The quantitative estimate of drug-likeness (QED) is 0.583. The van der Waals surface area contributed by atoms with Crippen molar-refractivity contribution in [3.8, 4) is 0 Å². The van der Waals surface area contributed by atoms with Crippen LogP contribution in [0.3, 0.4) is 0 Å². The third-order valence-electron chi connectivity index (χ3n) is 3.42. The monoisotopic (exact) mass is 169 g/mol. The highest BCUT2D eigenvalue weighted by atomic mass is 16.5. The summed E-state index contributed by atoms with van der Waals surface area (Å²) >= 11 is 0. The van der Waals surface area contributed by atoms with E-state index in [1.165, 1.54) is 7.11 Å². The van der Waals surface area contributed by atoms with Crippen molar-refractivity contribution < 1.29 is 9.53 Å². The summed E-state index contributed by atoms with van der Waals surface area (Å²) < 4.78 is 4.74. The fraction of sp³-hybridized carbons (Fsp3) is 0.889. The van der Waals surface area contributed by atoms with E-state index in [9.17, 15) is 4.79 Å². The maximum Gasteiger partial charge on any atom is 0.308 e. The number of esters is 1. The number of carbonyl (C=O) groups is 1. The van der Waals surface area contributed by atoms with Gasteiger partial charge in [-0.15, -0.1) is 0 Å². The fourth-order valence-corrected chi connectivity index (χ4v) is 2.50. The lowest BCUT2D eigenvalue weighted by Gasteiger charge is -2.48. The molecule has 0 heterocycles. The lowest BCUT2D eigenvalue weighted by molar-refractivity contribution is -0.153. The highest BCUT2D eigenvalue weighted by Crippen LogP contribution is 2.48. The van der Waals surface area contributed by atoms with Crippen LogP contribution in [0.1, 0.15) is 19.3 Å². The second-order valence-electron chi connectivity index (χ2n) is 4.02. The second-order valence-corrected chi connectivity index (χ2v) is 4.02. The van der Waals surface area contributed by atoms with Gasteiger partial charge < -0.3 is 10.5 Å². The summed E-state index contributed by atoms with van der Waals surface area (Å²) in [5, 5.41) is 0. The number of fused-ring (bicyclic) bond motifs is 2. The molecular formula is C9H15NO2. The van der Waals surface area contributed by atoms with Gasteiger partial charge in [0.05, 0.1) is 13.0 Å². The average Bonchev–Trinajstić information content (AvgIpc) is 2.00. The first-order valence-electron chi connectivity index (χ1n) is 4.55. The molecule has 3 nitrogen and oxygen atoms in total. The molecule has 0 aromatic heterocycles. The Morgan fingerprint density at radius 2 is 2.00 bits per heavy atom. The Morgan fingerprint density at radius 1 is 1.33 bits per heavy atom. The predicted octanol–water partition coefficient (Wildman–Crippen LogP) is 0.533. The molecular weight excluding hydrogens is 154 g/mol. The molecule has 0 unspecified atom stereocenters. The summed E-state index contributed by atoms with van der Waals surface area (Å²) in [6.07, 6.45) is 3.11. The van der Waals surface area contributed by atoms with E-state index in [1.807, 2.05) is 0 Å². The first-order valence-corrected chi connectivity index (χ1v) is 4.55. The zero-order valence-electron chi connectivity index (χ0n) is 7.32. The number of ether oxygens (including phenoxy) is 1. The standard InChI is InChI=1S/C9H15NO2/c1-12-9(11)7-4-8(10)6-2-5(7)3-6/h5-8H,2-4,10H2,1H3/t5?,6?,7-,8+/m1/s1. The van der Waals surface area contributed by atoms with Crippen LogP contribution in [0.25, 0.3) is 0 Å². The van der Waals surface area contributed by atoms with Gasteiger partial charge in [-0.25, -0.2) is 0 Å². The van der Waals surface area contributed by atoms with Crippen molar-refractivity contribution in [2.24, 2.45) is 23.5 Å². The topological polar surface area (TPSA) is 52.3 Å². The molecule has 3 fully saturated rings. The molecule has 0 aromatic rings. The van der Waals surface area contributed by atoms with Gasteiger partial charge in [-0.2, -0.15) is 0 Å². The fourth-order valence-electron chi connectivity index (χ4n) is 2.50. The number of hydrogen-bond donors (Lipinski definition) is 1. The molecule has 3 aliphatic carbocycles. The van der Waals surface area contributed by atoms with E-state index >= 15 is 0 Å². The SMILES string of the molecule is COC(=O)[C@@H]1C[C@H](N)C2CC1C2. The van der Waals surface area contributed by atoms with Crippen LogP contribution in [0.2, 0.25) is 0 Å². The summed E-state index contributed by atoms with van der Waals surface area (Å²) in [4.78, 5) is 11.3. The molecule has 12 heavy (non-hydrogen) atoms. The molecule has 0 spiro atoms. The van der Waals surface area contributed by atoms with Gasteiger partial charge in [-0.1, -0.05) is 0 Å². The largest absolute Gasteiger partial charge is 0.469 e. The first-order chi connectivity index (χ1) is 5.72. The van der Waals surface area contributed by atoms with E-state index in [4.69, 9.17) is 10.5 Å². The third kappa shape index (κ3) is 1.04. The van der Waals surface area contributed by atoms with E-state index in [-0.39, 0.29) is 17.9 Å². The van der Waals surface area contributed by atoms with Crippen molar-refractivity contribution in [2.75, 3.05) is 7.11 Å². The van der Waals surface area contributed by atoms with Gasteiger partial charge in [0.15, 0.2) is 0 Å². The molecule has 0 aromatic carbocycles. The number of hydrogen-bond acceptors (Lipinski definition) is 3. The third-order valence-corrected chi connectivity index (χ3v) is 3.42. The van der Waals surface area contributed by atoms with Gasteiger partial charge in [-0.05, 0) is 31.1 Å². The maximum atomic E-state index is 11.3. The summed E-state index contributed by atoms with van der Waals surface area (Å²) in [6, 6.07) is 0.235. The van der Waals surface area contributed by atoms with Gasteiger partial charge in [0.1, 0.15) is 0 Å². The van der Waals surface area contributed by atoms with Gasteiger partial charge in [-0.3, -0.25) is 4.79 Å². The van der Waals surface area contributed by atoms with Crippen LogP contribution >= 0.6 is 0 Å². The van der Waals surface area contributed by atoms with E-state index in [2.05, 4.69) is 0 Å². The molecule has 0 saturated heterocycles. The van der Waals surface area contributed by atoms with Crippen LogP contribution in [0.5, 0.6) is 0 Å². The number of carbonyl (C=O) groups excluding carboxylic acids is 1. The number of nitrogens with two attached hydrogens (primary N) is 1. The molecule has 3 heteroatoms. The highest BCUT2D eigenvalue weighted by Gasteiger charge is 2.47. The lowest BCUT2D eigenvalue weighted by Crippen LogP contribution is -2.51. The van der Waals surface area contributed by atoms with E-state index < -0.39 is 0 Å². The van der Waals surface area contributed by atoms with Crippen LogP contribution in [0.4, 0.5) is 0 Å². The summed E-state index contributed by atoms with van der Waals surface area (Å²) in [5.41, 5.74) is 5.89. The molecule has 0 amide bonds. The Kier molecular flexibility index (Phi) is 1.83. The predicted molar refractivity (Wildman–Crippen MR) is 44.3 cm³/mol. The molecule has 3 aliphatic rings. The van der Waals surface area contributed by atoms with Gasteiger partial charge in [0, 0.05) is 6.04 Å². The Morgan fingerprint density at radius 3 is 2.50 bits per heavy atom. The van der Waals surface area contributed by atoms with Crippen molar-refractivity contribution in [3.63, 3.8) is 0 Å². The Balaban J connectivity index is 2.02. The van der Waals surface area contributed by atoms with Gasteiger partial charge >= 0.3 is 5.97 Å². The van der Waals surface area contributed by atoms with Crippen molar-refractivity contribution in [3.05, 3.63) is 0 Å². The summed E-state index contributed by atoms with van der Waals surface area (Å²) in [7, 11) is 1.46. The van der Waals surface area contributed by atoms with E-state index in [0.717, 1.165) is 19.3 Å². The minimum Gasteiger partial charge on any atom is -0.469 e. The van der Waals surface area contributed by atoms with Crippen LogP contribution in [0.15, 0.2) is 0 Å². The molecule has 68 valence electrons. The summed E-state index contributed by atoms with van der Waals surface area (Å²) in [5.74, 6) is 1.29. The minimum atomic E-state index is -0.0615. The zero-order valence-corrected chi connectivity index (χ0v) is 7.32. The molecule has 2 atom stereocenters. The molecule has 2 bridgehead atoms. The van der Waals surface area contributed by atoms with Gasteiger partial charge in [0.25, 0.3) is 0 Å². The van der Waals surface area contributed by atoms with Crippen LogP contribution in [-0.2, 0) is 9.53 Å². The van der Waals surface area contributed by atoms with Gasteiger partial charge in [0.2, 0.25) is 0 Å². The first kappa shape index (κ1) is 8.05. The van der Waals surface area contributed by atoms with Crippen molar-refractivity contribution in [1.29, 1.82) is 0 Å². The second kappa shape index (κ2) is 2.73. The Bertz CT molecular complexity index is 199. The van der Waals surface area contributed by atoms with Crippen molar-refractivity contribution in [1.82, 2.24) is 0 Å². The Hall–Kier alpha value is -0.570.